The van der Waals surface area contributed by atoms with Crippen molar-refractivity contribution in [1.29, 1.82) is 0 Å². The Labute approximate surface area is 134 Å². The van der Waals surface area contributed by atoms with E-state index in [1.54, 1.807) is 0 Å². The minimum Gasteiger partial charge on any atom is -0.314 e. The standard InChI is InChI=1S/C15H23N3.2ClH/c1-12-3-2-4-14(17-12)15(11-13-5-6-13)18-9-7-16-8-10-18;;/h2-4,13,15-16H,5-11H2,1H3;2*1H/t15-;;/m1../s1. The van der Waals surface area contributed by atoms with Gasteiger partial charge in [-0.05, 0) is 31.4 Å². The van der Waals surface area contributed by atoms with Crippen LogP contribution in [0.25, 0.3) is 0 Å². The van der Waals surface area contributed by atoms with E-state index in [1.807, 2.05) is 0 Å². The highest BCUT2D eigenvalue weighted by Gasteiger charge is 2.31. The number of halogens is 2. The molecular formula is C15H25Cl2N3. The molecule has 1 saturated heterocycles. The molecule has 1 aliphatic carbocycles. The van der Waals surface area contributed by atoms with Gasteiger partial charge in [-0.3, -0.25) is 9.88 Å². The van der Waals surface area contributed by atoms with Gasteiger partial charge in [-0.1, -0.05) is 18.9 Å². The first-order chi connectivity index (χ1) is 8.83. The van der Waals surface area contributed by atoms with E-state index in [0.717, 1.165) is 37.8 Å². The lowest BCUT2D eigenvalue weighted by Gasteiger charge is -2.34. The van der Waals surface area contributed by atoms with Gasteiger partial charge < -0.3 is 5.32 Å². The Morgan fingerprint density at radius 2 is 1.95 bits per heavy atom. The Bertz CT molecular complexity index is 404. The molecular weight excluding hydrogens is 293 g/mol. The van der Waals surface area contributed by atoms with Crippen LogP contribution < -0.4 is 5.32 Å². The third-order valence-electron chi connectivity index (χ3n) is 4.10. The molecule has 2 aliphatic rings. The maximum atomic E-state index is 4.77. The van der Waals surface area contributed by atoms with Crippen LogP contribution in [0.5, 0.6) is 0 Å². The van der Waals surface area contributed by atoms with Crippen molar-refractivity contribution in [3.8, 4) is 0 Å². The zero-order chi connectivity index (χ0) is 12.4. The van der Waals surface area contributed by atoms with E-state index in [9.17, 15) is 0 Å². The molecule has 0 spiro atoms. The quantitative estimate of drug-likeness (QED) is 0.925. The second-order valence-electron chi connectivity index (χ2n) is 5.68. The van der Waals surface area contributed by atoms with Gasteiger partial charge in [-0.25, -0.2) is 0 Å². The predicted molar refractivity (Wildman–Crippen MR) is 88.0 cm³/mol. The Morgan fingerprint density at radius 1 is 1.25 bits per heavy atom. The lowest BCUT2D eigenvalue weighted by atomic mass is 10.0. The fourth-order valence-electron chi connectivity index (χ4n) is 2.87. The van der Waals surface area contributed by atoms with Gasteiger partial charge in [-0.15, -0.1) is 24.8 Å². The number of rotatable bonds is 4. The van der Waals surface area contributed by atoms with Crippen LogP contribution in [-0.4, -0.2) is 36.1 Å². The van der Waals surface area contributed by atoms with E-state index in [1.165, 1.54) is 25.0 Å². The fraction of sp³-hybridized carbons (Fsp3) is 0.667. The molecule has 2 fully saturated rings. The number of nitrogens with zero attached hydrogens (tertiary/aromatic N) is 2. The molecule has 0 unspecified atom stereocenters. The topological polar surface area (TPSA) is 28.2 Å². The second kappa shape index (κ2) is 8.18. The van der Waals surface area contributed by atoms with E-state index < -0.39 is 0 Å². The van der Waals surface area contributed by atoms with E-state index in [0.29, 0.717) is 6.04 Å². The van der Waals surface area contributed by atoms with Crippen molar-refractivity contribution in [2.45, 2.75) is 32.2 Å². The average molecular weight is 318 g/mol. The molecule has 1 aromatic rings. The van der Waals surface area contributed by atoms with E-state index in [-0.39, 0.29) is 24.8 Å². The normalized spacial score (nSPS) is 20.6. The van der Waals surface area contributed by atoms with E-state index in [4.69, 9.17) is 4.98 Å². The first-order valence-corrected chi connectivity index (χ1v) is 7.21. The van der Waals surface area contributed by atoms with Crippen molar-refractivity contribution in [3.05, 3.63) is 29.6 Å². The first-order valence-electron chi connectivity index (χ1n) is 7.21. The smallest absolute Gasteiger partial charge is 0.0578 e. The lowest BCUT2D eigenvalue weighted by Crippen LogP contribution is -2.45. The van der Waals surface area contributed by atoms with Crippen molar-refractivity contribution in [3.63, 3.8) is 0 Å². The van der Waals surface area contributed by atoms with Crippen LogP contribution in [0.1, 0.15) is 36.7 Å². The molecule has 5 heteroatoms. The highest BCUT2D eigenvalue weighted by molar-refractivity contribution is 5.85. The van der Waals surface area contributed by atoms with Gasteiger partial charge in [0.05, 0.1) is 11.7 Å². The number of hydrogen-bond donors (Lipinski definition) is 1. The maximum absolute atomic E-state index is 4.77. The Morgan fingerprint density at radius 3 is 2.55 bits per heavy atom. The van der Waals surface area contributed by atoms with Crippen LogP contribution in [0.3, 0.4) is 0 Å². The van der Waals surface area contributed by atoms with Crippen LogP contribution >= 0.6 is 24.8 Å². The number of aryl methyl sites for hydroxylation is 1. The van der Waals surface area contributed by atoms with Crippen molar-refractivity contribution in [2.24, 2.45) is 5.92 Å². The maximum Gasteiger partial charge on any atom is 0.0578 e. The number of aromatic nitrogens is 1. The molecule has 1 saturated carbocycles. The Kier molecular flexibility index (Phi) is 7.24. The molecule has 0 radical (unpaired) electrons. The Balaban J connectivity index is 0.000001000. The molecule has 3 nitrogen and oxygen atoms in total. The van der Waals surface area contributed by atoms with Gasteiger partial charge in [0.2, 0.25) is 0 Å². The van der Waals surface area contributed by atoms with Gasteiger partial charge in [0.25, 0.3) is 0 Å². The van der Waals surface area contributed by atoms with Crippen molar-refractivity contribution >= 4 is 24.8 Å². The zero-order valence-corrected chi connectivity index (χ0v) is 13.7. The summed E-state index contributed by atoms with van der Waals surface area (Å²) in [6, 6.07) is 7.00. The molecule has 0 bridgehead atoms. The van der Waals surface area contributed by atoms with Crippen LogP contribution in [-0.2, 0) is 0 Å². The highest BCUT2D eigenvalue weighted by atomic mass is 35.5. The summed E-state index contributed by atoms with van der Waals surface area (Å²) in [6.07, 6.45) is 4.15. The molecule has 114 valence electrons. The molecule has 3 rings (SSSR count). The summed E-state index contributed by atoms with van der Waals surface area (Å²) >= 11 is 0. The minimum atomic E-state index is 0. The molecule has 0 aromatic carbocycles. The van der Waals surface area contributed by atoms with Gasteiger partial charge in [0, 0.05) is 31.9 Å². The van der Waals surface area contributed by atoms with Crippen LogP contribution in [0.15, 0.2) is 18.2 Å². The number of pyridine rings is 1. The highest BCUT2D eigenvalue weighted by Crippen LogP contribution is 2.39. The monoisotopic (exact) mass is 317 g/mol. The Hall–Kier alpha value is -0.350. The van der Waals surface area contributed by atoms with Crippen molar-refractivity contribution < 1.29 is 0 Å². The number of piperazine rings is 1. The van der Waals surface area contributed by atoms with Gasteiger partial charge >= 0.3 is 0 Å². The summed E-state index contributed by atoms with van der Waals surface area (Å²) in [5.41, 5.74) is 2.42. The molecule has 1 aliphatic heterocycles. The average Bonchev–Trinajstić information content (AvgIpc) is 3.21. The molecule has 1 aromatic heterocycles. The van der Waals surface area contributed by atoms with E-state index >= 15 is 0 Å². The zero-order valence-electron chi connectivity index (χ0n) is 12.0. The number of nitrogens with one attached hydrogen (secondary N) is 1. The summed E-state index contributed by atoms with van der Waals surface area (Å²) in [5.74, 6) is 0.951. The van der Waals surface area contributed by atoms with Crippen LogP contribution in [0.2, 0.25) is 0 Å². The van der Waals surface area contributed by atoms with Gasteiger partial charge in [-0.2, -0.15) is 0 Å². The summed E-state index contributed by atoms with van der Waals surface area (Å²) in [6.45, 7) is 6.65. The largest absolute Gasteiger partial charge is 0.314 e. The summed E-state index contributed by atoms with van der Waals surface area (Å²) in [7, 11) is 0. The summed E-state index contributed by atoms with van der Waals surface area (Å²) in [4.78, 5) is 7.39. The number of hydrogen-bond acceptors (Lipinski definition) is 3. The van der Waals surface area contributed by atoms with Gasteiger partial charge in [0.1, 0.15) is 0 Å². The minimum absolute atomic E-state index is 0. The molecule has 0 amide bonds. The molecule has 20 heavy (non-hydrogen) atoms. The molecule has 2 heterocycles. The third-order valence-corrected chi connectivity index (χ3v) is 4.10. The van der Waals surface area contributed by atoms with Crippen molar-refractivity contribution in [1.82, 2.24) is 15.2 Å². The predicted octanol–water partition coefficient (Wildman–Crippen LogP) is 2.98. The lowest BCUT2D eigenvalue weighted by molar-refractivity contribution is 0.157. The first kappa shape index (κ1) is 17.7. The van der Waals surface area contributed by atoms with E-state index in [2.05, 4.69) is 35.3 Å². The fourth-order valence-corrected chi connectivity index (χ4v) is 2.87. The SMILES string of the molecule is Cc1cccc([C@@H](CC2CC2)N2CCNCC2)n1.Cl.Cl. The summed E-state index contributed by atoms with van der Waals surface area (Å²) < 4.78 is 0. The summed E-state index contributed by atoms with van der Waals surface area (Å²) in [5, 5.41) is 3.44. The van der Waals surface area contributed by atoms with Crippen molar-refractivity contribution in [2.75, 3.05) is 26.2 Å². The second-order valence-corrected chi connectivity index (χ2v) is 5.68. The van der Waals surface area contributed by atoms with Crippen LogP contribution in [0, 0.1) is 12.8 Å². The molecule has 1 N–H and O–H groups in total. The third kappa shape index (κ3) is 4.59. The molecule has 1 atom stereocenters. The van der Waals surface area contributed by atoms with Gasteiger partial charge in [0.15, 0.2) is 0 Å². The van der Waals surface area contributed by atoms with Crippen LogP contribution in [0.4, 0.5) is 0 Å².